The van der Waals surface area contributed by atoms with Gasteiger partial charge in [-0.1, -0.05) is 15.9 Å². The van der Waals surface area contributed by atoms with Crippen molar-refractivity contribution >= 4 is 54.1 Å². The molecular weight excluding hydrogens is 412 g/mol. The molecule has 3 rings (SSSR count). The van der Waals surface area contributed by atoms with Gasteiger partial charge in [0.15, 0.2) is 0 Å². The molecule has 0 aliphatic rings. The zero-order chi connectivity index (χ0) is 14.8. The van der Waals surface area contributed by atoms with Crippen molar-refractivity contribution in [2.45, 2.75) is 19.3 Å². The minimum atomic E-state index is 0.756. The molecule has 0 bridgehead atoms. The summed E-state index contributed by atoms with van der Waals surface area (Å²) in [6, 6.07) is 10.7. The topological polar surface area (TPSA) is 41.8 Å². The maximum absolute atomic E-state index is 5.64. The largest absolute Gasteiger partial charge is 0.354 e. The molecule has 5 heteroatoms. The van der Waals surface area contributed by atoms with Crippen molar-refractivity contribution in [3.8, 4) is 10.6 Å². The molecule has 3 aromatic rings. The quantitative estimate of drug-likeness (QED) is 0.503. The molecule has 1 aromatic carbocycles. The first-order valence-electron chi connectivity index (χ1n) is 6.95. The lowest BCUT2D eigenvalue weighted by Crippen LogP contribution is -1.99. The highest BCUT2D eigenvalue weighted by Gasteiger charge is 2.14. The second-order valence-corrected chi connectivity index (χ2v) is 8.40. The van der Waals surface area contributed by atoms with Crippen LogP contribution in [0.2, 0.25) is 0 Å². The molecule has 110 valence electrons. The number of aromatic nitrogens is 1. The average Bonchev–Trinajstić information content (AvgIpc) is 3.03. The summed E-state index contributed by atoms with van der Waals surface area (Å²) >= 11 is 8.90. The van der Waals surface area contributed by atoms with Crippen LogP contribution in [0.3, 0.4) is 0 Å². The Morgan fingerprint density at radius 3 is 2.67 bits per heavy atom. The fourth-order valence-corrected chi connectivity index (χ4v) is 4.36. The summed E-state index contributed by atoms with van der Waals surface area (Å²) in [5.41, 5.74) is 9.48. The molecule has 0 unspecified atom stereocenters. The van der Waals surface area contributed by atoms with Crippen molar-refractivity contribution in [1.29, 1.82) is 0 Å². The molecule has 0 atom stereocenters. The van der Waals surface area contributed by atoms with Crippen LogP contribution in [0.1, 0.15) is 18.4 Å². The number of hydrogen-bond donors (Lipinski definition) is 2. The molecule has 0 spiro atoms. The van der Waals surface area contributed by atoms with Gasteiger partial charge < -0.3 is 10.7 Å². The number of rotatable bonds is 5. The van der Waals surface area contributed by atoms with Crippen LogP contribution in [0.4, 0.5) is 0 Å². The van der Waals surface area contributed by atoms with Gasteiger partial charge in [-0.3, -0.25) is 0 Å². The smallest absolute Gasteiger partial charge is 0.0705 e. The molecule has 2 aromatic heterocycles. The Balaban J connectivity index is 2.10. The monoisotopic (exact) mass is 426 g/mol. The van der Waals surface area contributed by atoms with Crippen LogP contribution >= 0.6 is 43.2 Å². The van der Waals surface area contributed by atoms with E-state index in [4.69, 9.17) is 5.73 Å². The Kier molecular flexibility index (Phi) is 4.84. The van der Waals surface area contributed by atoms with Crippen molar-refractivity contribution in [3.05, 3.63) is 44.2 Å². The molecule has 0 amide bonds. The number of hydrogen-bond acceptors (Lipinski definition) is 2. The summed E-state index contributed by atoms with van der Waals surface area (Å²) in [5.74, 6) is 0. The van der Waals surface area contributed by atoms with Crippen LogP contribution in [0.5, 0.6) is 0 Å². The van der Waals surface area contributed by atoms with E-state index in [2.05, 4.69) is 67.2 Å². The Bertz CT molecular complexity index is 761. The summed E-state index contributed by atoms with van der Waals surface area (Å²) in [6.07, 6.45) is 3.24. The number of benzene rings is 1. The lowest BCUT2D eigenvalue weighted by molar-refractivity contribution is 0.748. The number of fused-ring (bicyclic) bond motifs is 1. The van der Waals surface area contributed by atoms with Crippen LogP contribution in [0.15, 0.2) is 38.6 Å². The number of nitrogens with two attached hydrogens (primary N) is 1. The van der Waals surface area contributed by atoms with Gasteiger partial charge in [0.05, 0.1) is 14.4 Å². The summed E-state index contributed by atoms with van der Waals surface area (Å²) in [6.45, 7) is 0.756. The van der Waals surface area contributed by atoms with Crippen molar-refractivity contribution in [2.24, 2.45) is 5.73 Å². The molecule has 0 saturated heterocycles. The number of unbranched alkanes of at least 4 members (excludes halogenated alkanes) is 1. The van der Waals surface area contributed by atoms with Gasteiger partial charge in [0.25, 0.3) is 0 Å². The van der Waals surface area contributed by atoms with Crippen molar-refractivity contribution < 1.29 is 0 Å². The Morgan fingerprint density at radius 2 is 1.95 bits per heavy atom. The van der Waals surface area contributed by atoms with E-state index < -0.39 is 0 Å². The molecule has 0 radical (unpaired) electrons. The van der Waals surface area contributed by atoms with Gasteiger partial charge in [0, 0.05) is 15.4 Å². The minimum Gasteiger partial charge on any atom is -0.354 e. The normalized spacial score (nSPS) is 11.4. The van der Waals surface area contributed by atoms with Gasteiger partial charge in [0.2, 0.25) is 0 Å². The van der Waals surface area contributed by atoms with Gasteiger partial charge in [-0.25, -0.2) is 0 Å². The molecule has 21 heavy (non-hydrogen) atoms. The van der Waals surface area contributed by atoms with Crippen LogP contribution < -0.4 is 5.73 Å². The van der Waals surface area contributed by atoms with Gasteiger partial charge in [-0.2, -0.15) is 0 Å². The fourth-order valence-electron chi connectivity index (χ4n) is 2.58. The number of H-pyrrole nitrogens is 1. The molecule has 0 saturated carbocycles. The van der Waals surface area contributed by atoms with Crippen LogP contribution in [-0.2, 0) is 6.42 Å². The maximum Gasteiger partial charge on any atom is 0.0705 e. The third-order valence-electron chi connectivity index (χ3n) is 3.57. The molecular formula is C16H16Br2N2S. The standard InChI is InChI=1S/C16H16Br2N2S/c17-10-4-5-13-12(9-10)11(3-1-2-8-19)16(20-13)14-6-7-15(18)21-14/h4-7,9,20H,1-3,8,19H2. The summed E-state index contributed by atoms with van der Waals surface area (Å²) in [5, 5.41) is 1.31. The number of thiophene rings is 1. The Hall–Kier alpha value is -0.620. The van der Waals surface area contributed by atoms with Crippen molar-refractivity contribution in [2.75, 3.05) is 6.54 Å². The first kappa shape index (κ1) is 15.3. The lowest BCUT2D eigenvalue weighted by atomic mass is 10.0. The molecule has 2 heterocycles. The van der Waals surface area contributed by atoms with E-state index in [9.17, 15) is 0 Å². The van der Waals surface area contributed by atoms with Crippen molar-refractivity contribution in [1.82, 2.24) is 4.98 Å². The van der Waals surface area contributed by atoms with E-state index in [0.717, 1.165) is 34.1 Å². The van der Waals surface area contributed by atoms with E-state index in [1.165, 1.54) is 27.0 Å². The number of aryl methyl sites for hydroxylation is 1. The highest BCUT2D eigenvalue weighted by Crippen LogP contribution is 2.37. The first-order chi connectivity index (χ1) is 10.2. The van der Waals surface area contributed by atoms with Gasteiger partial charge in [-0.05, 0) is 77.6 Å². The third-order valence-corrected chi connectivity index (χ3v) is 5.70. The van der Waals surface area contributed by atoms with Gasteiger partial charge >= 0.3 is 0 Å². The van der Waals surface area contributed by atoms with Gasteiger partial charge in [-0.15, -0.1) is 11.3 Å². The van der Waals surface area contributed by atoms with E-state index in [-0.39, 0.29) is 0 Å². The zero-order valence-electron chi connectivity index (χ0n) is 11.5. The number of aromatic amines is 1. The average molecular weight is 428 g/mol. The zero-order valence-corrected chi connectivity index (χ0v) is 15.4. The maximum atomic E-state index is 5.64. The van der Waals surface area contributed by atoms with E-state index in [1.807, 2.05) is 0 Å². The van der Waals surface area contributed by atoms with Crippen LogP contribution in [-0.4, -0.2) is 11.5 Å². The predicted molar refractivity (Wildman–Crippen MR) is 99.0 cm³/mol. The molecule has 0 aliphatic heterocycles. The molecule has 2 nitrogen and oxygen atoms in total. The minimum absolute atomic E-state index is 0.756. The highest BCUT2D eigenvalue weighted by molar-refractivity contribution is 9.11. The molecule has 0 aliphatic carbocycles. The number of nitrogens with one attached hydrogen (secondary N) is 1. The second kappa shape index (κ2) is 6.65. The Morgan fingerprint density at radius 1 is 1.10 bits per heavy atom. The first-order valence-corrected chi connectivity index (χ1v) is 9.35. The summed E-state index contributed by atoms with van der Waals surface area (Å²) in [7, 11) is 0. The van der Waals surface area contributed by atoms with Crippen molar-refractivity contribution in [3.63, 3.8) is 0 Å². The molecule has 3 N–H and O–H groups in total. The number of halogens is 2. The fraction of sp³-hybridized carbons (Fsp3) is 0.250. The second-order valence-electron chi connectivity index (χ2n) is 5.02. The predicted octanol–water partition coefficient (Wildman–Crippen LogP) is 5.70. The van der Waals surface area contributed by atoms with Gasteiger partial charge in [0.1, 0.15) is 0 Å². The van der Waals surface area contributed by atoms with Crippen LogP contribution in [0, 0.1) is 0 Å². The summed E-state index contributed by atoms with van der Waals surface area (Å²) in [4.78, 5) is 4.86. The summed E-state index contributed by atoms with van der Waals surface area (Å²) < 4.78 is 2.28. The third kappa shape index (κ3) is 3.26. The van der Waals surface area contributed by atoms with E-state index in [0.29, 0.717) is 0 Å². The molecule has 0 fully saturated rings. The SMILES string of the molecule is NCCCCc1c(-c2ccc(Br)s2)[nH]c2ccc(Br)cc12. The van der Waals surface area contributed by atoms with E-state index >= 15 is 0 Å². The highest BCUT2D eigenvalue weighted by atomic mass is 79.9. The Labute approximate surface area is 145 Å². The van der Waals surface area contributed by atoms with E-state index in [1.54, 1.807) is 11.3 Å². The lowest BCUT2D eigenvalue weighted by Gasteiger charge is -2.03. The van der Waals surface area contributed by atoms with Crippen LogP contribution in [0.25, 0.3) is 21.5 Å².